The molecule has 1 unspecified atom stereocenters. The Balaban J connectivity index is 2.37. The lowest BCUT2D eigenvalue weighted by atomic mass is 10.1. The second-order valence-corrected chi connectivity index (χ2v) is 2.76. The Morgan fingerprint density at radius 3 is 3.00 bits per heavy atom. The van der Waals surface area contributed by atoms with Crippen molar-refractivity contribution in [2.45, 2.75) is 6.23 Å². The molecule has 0 saturated carbocycles. The maximum absolute atomic E-state index is 11.4. The Hall–Kier alpha value is -1.55. The summed E-state index contributed by atoms with van der Waals surface area (Å²) in [6, 6.07) is 6.93. The van der Waals surface area contributed by atoms with Crippen molar-refractivity contribution < 1.29 is 14.6 Å². The number of benzene rings is 1. The van der Waals surface area contributed by atoms with E-state index < -0.39 is 6.23 Å². The van der Waals surface area contributed by atoms with Crippen LogP contribution in [0.25, 0.3) is 0 Å². The number of hydrogen-bond donors (Lipinski definition) is 2. The molecule has 4 nitrogen and oxygen atoms in total. The highest BCUT2D eigenvalue weighted by atomic mass is 16.5. The van der Waals surface area contributed by atoms with Gasteiger partial charge in [-0.1, -0.05) is 12.1 Å². The molecule has 0 bridgehead atoms. The summed E-state index contributed by atoms with van der Waals surface area (Å²) in [5.74, 6) is 0.311. The average molecular weight is 179 g/mol. The van der Waals surface area contributed by atoms with Crippen LogP contribution in [-0.2, 0) is 0 Å². The lowest BCUT2D eigenvalue weighted by Crippen LogP contribution is -2.45. The van der Waals surface area contributed by atoms with Crippen LogP contribution in [0.15, 0.2) is 24.3 Å². The first kappa shape index (κ1) is 8.07. The molecule has 1 aliphatic rings. The Labute approximate surface area is 75.1 Å². The van der Waals surface area contributed by atoms with E-state index in [0.717, 1.165) is 0 Å². The monoisotopic (exact) mass is 179 g/mol. The molecule has 13 heavy (non-hydrogen) atoms. The normalized spacial score (nSPS) is 20.1. The van der Waals surface area contributed by atoms with E-state index >= 15 is 0 Å². The number of hydrogen-bond acceptors (Lipinski definition) is 3. The summed E-state index contributed by atoms with van der Waals surface area (Å²) in [6.07, 6.45) is -0.623. The number of aliphatic hydroxyl groups excluding tert-OH is 1. The molecule has 1 amide bonds. The number of ether oxygens (including phenoxy) is 1. The fourth-order valence-corrected chi connectivity index (χ4v) is 1.25. The van der Waals surface area contributed by atoms with Crippen LogP contribution in [0.5, 0.6) is 5.75 Å². The molecule has 1 atom stereocenters. The highest BCUT2D eigenvalue weighted by molar-refractivity contribution is 5.97. The van der Waals surface area contributed by atoms with Gasteiger partial charge in [-0.2, -0.15) is 0 Å². The molecule has 2 N–H and O–H groups in total. The van der Waals surface area contributed by atoms with Gasteiger partial charge in [0.2, 0.25) is 0 Å². The zero-order valence-electron chi connectivity index (χ0n) is 6.86. The molecule has 0 saturated heterocycles. The second kappa shape index (κ2) is 3.06. The van der Waals surface area contributed by atoms with Crippen LogP contribution >= 0.6 is 0 Å². The first-order chi connectivity index (χ1) is 6.31. The van der Waals surface area contributed by atoms with Crippen molar-refractivity contribution in [3.05, 3.63) is 29.8 Å². The van der Waals surface area contributed by atoms with Gasteiger partial charge in [0.1, 0.15) is 5.75 Å². The number of nitrogens with one attached hydrogen (secondary N) is 1. The Bertz CT molecular complexity index is 337. The van der Waals surface area contributed by atoms with Crippen LogP contribution in [0.1, 0.15) is 10.4 Å². The molecule has 0 aromatic heterocycles. The van der Waals surface area contributed by atoms with Crippen LogP contribution in [-0.4, -0.2) is 23.8 Å². The van der Waals surface area contributed by atoms with Gasteiger partial charge in [-0.3, -0.25) is 4.79 Å². The van der Waals surface area contributed by atoms with Gasteiger partial charge in [-0.05, 0) is 12.1 Å². The highest BCUT2D eigenvalue weighted by Crippen LogP contribution is 2.21. The summed E-state index contributed by atoms with van der Waals surface area (Å²) in [6.45, 7) is -0.222. The Morgan fingerprint density at radius 1 is 1.46 bits per heavy atom. The largest absolute Gasteiger partial charge is 0.467 e. The number of carbonyl (C=O) groups is 1. The minimum Gasteiger partial charge on any atom is -0.467 e. The molecule has 4 heteroatoms. The smallest absolute Gasteiger partial charge is 0.257 e. The van der Waals surface area contributed by atoms with Crippen molar-refractivity contribution in [1.29, 1.82) is 0 Å². The van der Waals surface area contributed by atoms with E-state index in [1.807, 2.05) is 0 Å². The van der Waals surface area contributed by atoms with Gasteiger partial charge in [0.15, 0.2) is 6.23 Å². The summed E-state index contributed by atoms with van der Waals surface area (Å²) < 4.78 is 5.27. The molecule has 0 spiro atoms. The third kappa shape index (κ3) is 1.36. The summed E-state index contributed by atoms with van der Waals surface area (Å²) >= 11 is 0. The fraction of sp³-hybridized carbons (Fsp3) is 0.222. The van der Waals surface area contributed by atoms with E-state index in [2.05, 4.69) is 5.32 Å². The Kier molecular flexibility index (Phi) is 1.90. The zero-order valence-corrected chi connectivity index (χ0v) is 6.86. The van der Waals surface area contributed by atoms with Gasteiger partial charge in [-0.15, -0.1) is 0 Å². The van der Waals surface area contributed by atoms with Gasteiger partial charge in [0, 0.05) is 0 Å². The van der Waals surface area contributed by atoms with Crippen molar-refractivity contribution in [2.24, 2.45) is 0 Å². The molecular formula is C9H9NO3. The van der Waals surface area contributed by atoms with Crippen LogP contribution < -0.4 is 10.1 Å². The maximum Gasteiger partial charge on any atom is 0.257 e. The van der Waals surface area contributed by atoms with Gasteiger partial charge < -0.3 is 15.2 Å². The quantitative estimate of drug-likeness (QED) is 0.644. The number of rotatable bonds is 1. The van der Waals surface area contributed by atoms with Crippen LogP contribution in [0, 0.1) is 0 Å². The van der Waals surface area contributed by atoms with Gasteiger partial charge in [0.25, 0.3) is 5.91 Å². The molecule has 1 heterocycles. The van der Waals surface area contributed by atoms with E-state index in [1.54, 1.807) is 24.3 Å². The van der Waals surface area contributed by atoms with Crippen molar-refractivity contribution in [3.8, 4) is 5.75 Å². The van der Waals surface area contributed by atoms with E-state index in [9.17, 15) is 4.79 Å². The van der Waals surface area contributed by atoms with Gasteiger partial charge >= 0.3 is 0 Å². The Morgan fingerprint density at radius 2 is 2.23 bits per heavy atom. The summed E-state index contributed by atoms with van der Waals surface area (Å²) in [7, 11) is 0. The number of amides is 1. The molecule has 0 radical (unpaired) electrons. The maximum atomic E-state index is 11.4. The lowest BCUT2D eigenvalue weighted by Gasteiger charge is -2.24. The summed E-state index contributed by atoms with van der Waals surface area (Å²) in [5, 5.41) is 11.3. The lowest BCUT2D eigenvalue weighted by molar-refractivity contribution is 0.0565. The van der Waals surface area contributed by atoms with Crippen molar-refractivity contribution in [1.82, 2.24) is 5.32 Å². The van der Waals surface area contributed by atoms with Crippen LogP contribution in [0.2, 0.25) is 0 Å². The van der Waals surface area contributed by atoms with Gasteiger partial charge in [0.05, 0.1) is 12.2 Å². The average Bonchev–Trinajstić information content (AvgIpc) is 2.18. The standard InChI is InChI=1S/C9H9NO3/c11-5-8-10-9(12)6-3-1-2-4-7(6)13-8/h1-4,8,11H,5H2,(H,10,12). The molecule has 1 aliphatic heterocycles. The van der Waals surface area contributed by atoms with E-state index in [0.29, 0.717) is 11.3 Å². The SMILES string of the molecule is O=C1NC(CO)Oc2ccccc21. The van der Waals surface area contributed by atoms with E-state index in [-0.39, 0.29) is 12.5 Å². The first-order valence-electron chi connectivity index (χ1n) is 3.98. The minimum atomic E-state index is -0.623. The summed E-state index contributed by atoms with van der Waals surface area (Å²) in [4.78, 5) is 11.4. The second-order valence-electron chi connectivity index (χ2n) is 2.76. The van der Waals surface area contributed by atoms with Gasteiger partial charge in [-0.25, -0.2) is 0 Å². The van der Waals surface area contributed by atoms with Crippen molar-refractivity contribution in [2.75, 3.05) is 6.61 Å². The predicted molar refractivity (Wildman–Crippen MR) is 45.4 cm³/mol. The molecule has 0 fully saturated rings. The zero-order chi connectivity index (χ0) is 9.26. The molecule has 68 valence electrons. The molecule has 0 aliphatic carbocycles. The molecule has 1 aromatic rings. The van der Waals surface area contributed by atoms with E-state index in [1.165, 1.54) is 0 Å². The minimum absolute atomic E-state index is 0.207. The van der Waals surface area contributed by atoms with Crippen molar-refractivity contribution in [3.63, 3.8) is 0 Å². The molecule has 1 aromatic carbocycles. The third-order valence-electron chi connectivity index (χ3n) is 1.86. The van der Waals surface area contributed by atoms with E-state index in [4.69, 9.17) is 9.84 Å². The first-order valence-corrected chi connectivity index (χ1v) is 3.98. The number of para-hydroxylation sites is 1. The molecule has 2 rings (SSSR count). The number of fused-ring (bicyclic) bond motifs is 1. The van der Waals surface area contributed by atoms with Crippen LogP contribution in [0.4, 0.5) is 0 Å². The topological polar surface area (TPSA) is 58.6 Å². The third-order valence-corrected chi connectivity index (χ3v) is 1.86. The number of aliphatic hydroxyl groups is 1. The number of carbonyl (C=O) groups excluding carboxylic acids is 1. The fourth-order valence-electron chi connectivity index (χ4n) is 1.25. The molecular weight excluding hydrogens is 170 g/mol. The highest BCUT2D eigenvalue weighted by Gasteiger charge is 2.23. The van der Waals surface area contributed by atoms with Crippen molar-refractivity contribution >= 4 is 5.91 Å². The summed E-state index contributed by atoms with van der Waals surface area (Å²) in [5.41, 5.74) is 0.507. The van der Waals surface area contributed by atoms with Crippen LogP contribution in [0.3, 0.4) is 0 Å². The predicted octanol–water partition coefficient (Wildman–Crippen LogP) is 0.127.